The molecular formula is C16H24N2O3. The van der Waals surface area contributed by atoms with Crippen LogP contribution in [0, 0.1) is 5.92 Å². The number of benzene rings is 1. The SMILES string of the molecule is CCCC(CCN)CNC(=O)c1cccc2c1OCCO2. The normalized spacial score (nSPS) is 14.6. The van der Waals surface area contributed by atoms with E-state index in [2.05, 4.69) is 12.2 Å². The topological polar surface area (TPSA) is 73.6 Å². The molecule has 116 valence electrons. The molecule has 2 rings (SSSR count). The van der Waals surface area contributed by atoms with Crippen molar-refractivity contribution in [1.82, 2.24) is 5.32 Å². The number of hydrogen-bond acceptors (Lipinski definition) is 4. The predicted octanol–water partition coefficient (Wildman–Crippen LogP) is 1.95. The Morgan fingerprint density at radius 2 is 2.14 bits per heavy atom. The molecule has 0 fully saturated rings. The van der Waals surface area contributed by atoms with E-state index in [0.717, 1.165) is 19.3 Å². The Bertz CT molecular complexity index is 471. The van der Waals surface area contributed by atoms with Crippen LogP contribution in [0.15, 0.2) is 18.2 Å². The first-order chi connectivity index (χ1) is 10.3. The molecule has 1 aliphatic rings. The highest BCUT2D eigenvalue weighted by atomic mass is 16.6. The van der Waals surface area contributed by atoms with Gasteiger partial charge in [0.2, 0.25) is 0 Å². The highest BCUT2D eigenvalue weighted by molar-refractivity contribution is 5.97. The van der Waals surface area contributed by atoms with Gasteiger partial charge in [-0.15, -0.1) is 0 Å². The molecule has 1 aliphatic heterocycles. The minimum atomic E-state index is -0.115. The second kappa shape index (κ2) is 7.88. The van der Waals surface area contributed by atoms with E-state index in [-0.39, 0.29) is 5.91 Å². The third kappa shape index (κ3) is 4.11. The van der Waals surface area contributed by atoms with E-state index in [1.54, 1.807) is 6.07 Å². The summed E-state index contributed by atoms with van der Waals surface area (Å²) in [4.78, 5) is 12.4. The van der Waals surface area contributed by atoms with Crippen LogP contribution in [0.2, 0.25) is 0 Å². The van der Waals surface area contributed by atoms with Crippen LogP contribution in [-0.2, 0) is 0 Å². The first kappa shape index (κ1) is 15.6. The third-order valence-electron chi connectivity index (χ3n) is 3.63. The van der Waals surface area contributed by atoms with Gasteiger partial charge in [0.15, 0.2) is 11.5 Å². The molecule has 0 aliphatic carbocycles. The lowest BCUT2D eigenvalue weighted by Gasteiger charge is -2.21. The monoisotopic (exact) mass is 292 g/mol. The average molecular weight is 292 g/mol. The average Bonchev–Trinajstić information content (AvgIpc) is 2.52. The Labute approximate surface area is 125 Å². The van der Waals surface area contributed by atoms with E-state index in [9.17, 15) is 4.79 Å². The molecule has 1 aromatic carbocycles. The molecule has 5 nitrogen and oxygen atoms in total. The largest absolute Gasteiger partial charge is 0.486 e. The van der Waals surface area contributed by atoms with Crippen molar-refractivity contribution in [3.8, 4) is 11.5 Å². The van der Waals surface area contributed by atoms with Gasteiger partial charge >= 0.3 is 0 Å². The van der Waals surface area contributed by atoms with Gasteiger partial charge in [-0.1, -0.05) is 19.4 Å². The van der Waals surface area contributed by atoms with Crippen molar-refractivity contribution in [2.45, 2.75) is 26.2 Å². The molecule has 0 aromatic heterocycles. The summed E-state index contributed by atoms with van der Waals surface area (Å²) in [6.07, 6.45) is 3.10. The van der Waals surface area contributed by atoms with Crippen LogP contribution in [-0.4, -0.2) is 32.2 Å². The minimum absolute atomic E-state index is 0.115. The van der Waals surface area contributed by atoms with E-state index in [0.29, 0.717) is 49.3 Å². The van der Waals surface area contributed by atoms with Gasteiger partial charge in [-0.2, -0.15) is 0 Å². The molecule has 1 heterocycles. The molecule has 0 bridgehead atoms. The van der Waals surface area contributed by atoms with Gasteiger partial charge in [-0.25, -0.2) is 0 Å². The Kier molecular flexibility index (Phi) is 5.87. The molecule has 0 spiro atoms. The van der Waals surface area contributed by atoms with Crippen LogP contribution in [0.3, 0.4) is 0 Å². The van der Waals surface area contributed by atoms with Gasteiger partial charge in [0.1, 0.15) is 13.2 Å². The molecule has 1 atom stereocenters. The fourth-order valence-electron chi connectivity index (χ4n) is 2.58. The second-order valence-corrected chi connectivity index (χ2v) is 5.27. The Hall–Kier alpha value is -1.75. The molecule has 0 saturated carbocycles. The zero-order chi connectivity index (χ0) is 15.1. The summed E-state index contributed by atoms with van der Waals surface area (Å²) in [7, 11) is 0. The fraction of sp³-hybridized carbons (Fsp3) is 0.562. The number of rotatable bonds is 7. The summed E-state index contributed by atoms with van der Waals surface area (Å²) in [6.45, 7) is 4.44. The number of fused-ring (bicyclic) bond motifs is 1. The molecule has 21 heavy (non-hydrogen) atoms. The van der Waals surface area contributed by atoms with Crippen molar-refractivity contribution >= 4 is 5.91 Å². The summed E-state index contributed by atoms with van der Waals surface area (Å²) in [5, 5.41) is 2.99. The number of carbonyl (C=O) groups is 1. The third-order valence-corrected chi connectivity index (χ3v) is 3.63. The van der Waals surface area contributed by atoms with Gasteiger partial charge in [-0.3, -0.25) is 4.79 Å². The van der Waals surface area contributed by atoms with Crippen LogP contribution in [0.1, 0.15) is 36.5 Å². The molecule has 1 unspecified atom stereocenters. The maximum Gasteiger partial charge on any atom is 0.255 e. The van der Waals surface area contributed by atoms with Gasteiger partial charge in [0.05, 0.1) is 5.56 Å². The lowest BCUT2D eigenvalue weighted by Crippen LogP contribution is -2.31. The molecular weight excluding hydrogens is 268 g/mol. The molecule has 5 heteroatoms. The number of para-hydroxylation sites is 1. The standard InChI is InChI=1S/C16H24N2O3/c1-2-4-12(7-8-17)11-18-16(19)13-5-3-6-14-15(13)21-10-9-20-14/h3,5-6,12H,2,4,7-11,17H2,1H3,(H,18,19). The van der Waals surface area contributed by atoms with E-state index < -0.39 is 0 Å². The van der Waals surface area contributed by atoms with Crippen LogP contribution in [0.4, 0.5) is 0 Å². The lowest BCUT2D eigenvalue weighted by atomic mass is 9.99. The number of hydrogen-bond donors (Lipinski definition) is 2. The van der Waals surface area contributed by atoms with Crippen molar-refractivity contribution in [2.75, 3.05) is 26.3 Å². The predicted molar refractivity (Wildman–Crippen MR) is 81.8 cm³/mol. The maximum absolute atomic E-state index is 12.4. The van der Waals surface area contributed by atoms with Crippen molar-refractivity contribution in [3.05, 3.63) is 23.8 Å². The first-order valence-electron chi connectivity index (χ1n) is 7.63. The fourth-order valence-corrected chi connectivity index (χ4v) is 2.58. The zero-order valence-electron chi connectivity index (χ0n) is 12.6. The maximum atomic E-state index is 12.4. The smallest absolute Gasteiger partial charge is 0.255 e. The summed E-state index contributed by atoms with van der Waals surface area (Å²) >= 11 is 0. The first-order valence-corrected chi connectivity index (χ1v) is 7.63. The van der Waals surface area contributed by atoms with Crippen LogP contribution in [0.5, 0.6) is 11.5 Å². The Morgan fingerprint density at radius 1 is 1.33 bits per heavy atom. The summed E-state index contributed by atoms with van der Waals surface area (Å²) in [6, 6.07) is 5.39. The van der Waals surface area contributed by atoms with Crippen molar-refractivity contribution < 1.29 is 14.3 Å². The highest BCUT2D eigenvalue weighted by Crippen LogP contribution is 2.33. The van der Waals surface area contributed by atoms with Crippen LogP contribution >= 0.6 is 0 Å². The number of nitrogens with one attached hydrogen (secondary N) is 1. The quantitative estimate of drug-likeness (QED) is 0.805. The van der Waals surface area contributed by atoms with Gasteiger partial charge < -0.3 is 20.5 Å². The zero-order valence-corrected chi connectivity index (χ0v) is 12.6. The Morgan fingerprint density at radius 3 is 2.90 bits per heavy atom. The summed E-state index contributed by atoms with van der Waals surface area (Å²) in [5.74, 6) is 1.50. The van der Waals surface area contributed by atoms with E-state index >= 15 is 0 Å². The molecule has 1 amide bonds. The second-order valence-electron chi connectivity index (χ2n) is 5.27. The lowest BCUT2D eigenvalue weighted by molar-refractivity contribution is 0.0934. The van der Waals surface area contributed by atoms with Crippen molar-refractivity contribution in [3.63, 3.8) is 0 Å². The van der Waals surface area contributed by atoms with E-state index in [4.69, 9.17) is 15.2 Å². The molecule has 1 aromatic rings. The number of ether oxygens (including phenoxy) is 2. The van der Waals surface area contributed by atoms with Gasteiger partial charge in [0.25, 0.3) is 5.91 Å². The highest BCUT2D eigenvalue weighted by Gasteiger charge is 2.20. The molecule has 3 N–H and O–H groups in total. The summed E-state index contributed by atoms with van der Waals surface area (Å²) in [5.41, 5.74) is 6.16. The van der Waals surface area contributed by atoms with Crippen LogP contribution in [0.25, 0.3) is 0 Å². The summed E-state index contributed by atoms with van der Waals surface area (Å²) < 4.78 is 11.1. The van der Waals surface area contributed by atoms with Crippen LogP contribution < -0.4 is 20.5 Å². The molecule has 0 saturated heterocycles. The van der Waals surface area contributed by atoms with E-state index in [1.165, 1.54) is 0 Å². The van der Waals surface area contributed by atoms with Gasteiger partial charge in [-0.05, 0) is 37.4 Å². The number of amides is 1. The van der Waals surface area contributed by atoms with Crippen molar-refractivity contribution in [2.24, 2.45) is 11.7 Å². The Balaban J connectivity index is 2.00. The van der Waals surface area contributed by atoms with E-state index in [1.807, 2.05) is 12.1 Å². The minimum Gasteiger partial charge on any atom is -0.486 e. The number of carbonyl (C=O) groups excluding carboxylic acids is 1. The number of nitrogens with two attached hydrogens (primary N) is 1. The molecule has 0 radical (unpaired) electrons. The van der Waals surface area contributed by atoms with Gasteiger partial charge in [0, 0.05) is 6.54 Å². The van der Waals surface area contributed by atoms with Crippen molar-refractivity contribution in [1.29, 1.82) is 0 Å².